The van der Waals surface area contributed by atoms with Gasteiger partial charge in [-0.2, -0.15) is 0 Å². The molecule has 2 heterocycles. The number of aliphatic hydroxyl groups excluding tert-OH is 4. The molecule has 146 valence electrons. The first kappa shape index (κ1) is 20.0. The SMILES string of the molecule is OC[C@H]1O[C@@](O)(c2ccc(Cl)c(CC3CCOCC3)c2)[C@H](O)[C@@H](O)[C@@H]1O. The molecule has 0 unspecified atom stereocenters. The lowest BCUT2D eigenvalue weighted by atomic mass is 9.86. The van der Waals surface area contributed by atoms with Crippen molar-refractivity contribution < 1.29 is 35.0 Å². The topological polar surface area (TPSA) is 120 Å². The number of rotatable bonds is 4. The molecule has 7 nitrogen and oxygen atoms in total. The summed E-state index contributed by atoms with van der Waals surface area (Å²) in [7, 11) is 0. The molecule has 0 amide bonds. The van der Waals surface area contributed by atoms with E-state index >= 15 is 0 Å². The second-order valence-electron chi connectivity index (χ2n) is 7.03. The fourth-order valence-corrected chi connectivity index (χ4v) is 3.80. The summed E-state index contributed by atoms with van der Waals surface area (Å²) >= 11 is 6.30. The Kier molecular flexibility index (Phi) is 6.21. The third-order valence-electron chi connectivity index (χ3n) is 5.28. The third kappa shape index (κ3) is 3.76. The maximum atomic E-state index is 10.9. The van der Waals surface area contributed by atoms with E-state index in [0.29, 0.717) is 30.6 Å². The first-order valence-corrected chi connectivity index (χ1v) is 9.16. The summed E-state index contributed by atoms with van der Waals surface area (Å²) in [6, 6.07) is 4.74. The number of hydrogen-bond acceptors (Lipinski definition) is 7. The molecule has 0 bridgehead atoms. The zero-order valence-corrected chi connectivity index (χ0v) is 15.0. The van der Waals surface area contributed by atoms with E-state index in [1.807, 2.05) is 0 Å². The van der Waals surface area contributed by atoms with Crippen LogP contribution in [0.3, 0.4) is 0 Å². The van der Waals surface area contributed by atoms with Crippen LogP contribution in [0.25, 0.3) is 0 Å². The Morgan fingerprint density at radius 3 is 2.46 bits per heavy atom. The molecule has 0 aromatic heterocycles. The van der Waals surface area contributed by atoms with Gasteiger partial charge >= 0.3 is 0 Å². The van der Waals surface area contributed by atoms with Gasteiger partial charge in [-0.05, 0) is 42.9 Å². The van der Waals surface area contributed by atoms with E-state index in [9.17, 15) is 25.5 Å². The van der Waals surface area contributed by atoms with E-state index in [2.05, 4.69) is 0 Å². The average Bonchev–Trinajstić information content (AvgIpc) is 2.65. The van der Waals surface area contributed by atoms with Gasteiger partial charge in [0.05, 0.1) is 6.61 Å². The van der Waals surface area contributed by atoms with E-state index in [1.54, 1.807) is 12.1 Å². The van der Waals surface area contributed by atoms with E-state index in [4.69, 9.17) is 21.1 Å². The second kappa shape index (κ2) is 8.08. The Balaban J connectivity index is 1.88. The summed E-state index contributed by atoms with van der Waals surface area (Å²) in [4.78, 5) is 0. The van der Waals surface area contributed by atoms with Gasteiger partial charge in [0.15, 0.2) is 0 Å². The highest BCUT2D eigenvalue weighted by atomic mass is 35.5. The highest BCUT2D eigenvalue weighted by Crippen LogP contribution is 2.38. The first-order valence-electron chi connectivity index (χ1n) is 8.78. The summed E-state index contributed by atoms with van der Waals surface area (Å²) in [5.41, 5.74) is 1.00. The molecule has 2 saturated heterocycles. The lowest BCUT2D eigenvalue weighted by Crippen LogP contribution is -2.63. The summed E-state index contributed by atoms with van der Waals surface area (Å²) in [6.45, 7) is 0.793. The molecule has 1 aromatic rings. The Labute approximate surface area is 156 Å². The second-order valence-corrected chi connectivity index (χ2v) is 7.43. The van der Waals surface area contributed by atoms with E-state index in [0.717, 1.165) is 18.4 Å². The molecular weight excluding hydrogens is 364 g/mol. The molecule has 0 saturated carbocycles. The highest BCUT2D eigenvalue weighted by Gasteiger charge is 2.53. The van der Waals surface area contributed by atoms with Crippen molar-refractivity contribution in [2.75, 3.05) is 19.8 Å². The minimum Gasteiger partial charge on any atom is -0.394 e. The van der Waals surface area contributed by atoms with Crippen LogP contribution in [-0.2, 0) is 21.7 Å². The third-order valence-corrected chi connectivity index (χ3v) is 5.64. The minimum absolute atomic E-state index is 0.209. The molecular formula is C18H25ClO7. The van der Waals surface area contributed by atoms with Crippen LogP contribution in [0.5, 0.6) is 0 Å². The number of benzene rings is 1. The molecule has 26 heavy (non-hydrogen) atoms. The molecule has 5 atom stereocenters. The highest BCUT2D eigenvalue weighted by molar-refractivity contribution is 6.31. The van der Waals surface area contributed by atoms with Crippen LogP contribution in [0, 0.1) is 5.92 Å². The fraction of sp³-hybridized carbons (Fsp3) is 0.667. The molecule has 2 aliphatic rings. The quantitative estimate of drug-likeness (QED) is 0.489. The van der Waals surface area contributed by atoms with Crippen LogP contribution < -0.4 is 0 Å². The van der Waals surface area contributed by atoms with Crippen molar-refractivity contribution in [3.05, 3.63) is 34.3 Å². The van der Waals surface area contributed by atoms with Crippen LogP contribution in [0.1, 0.15) is 24.0 Å². The van der Waals surface area contributed by atoms with Crippen molar-refractivity contribution in [1.82, 2.24) is 0 Å². The maximum Gasteiger partial charge on any atom is 0.222 e. The molecule has 2 aliphatic heterocycles. The van der Waals surface area contributed by atoms with Crippen molar-refractivity contribution in [2.45, 2.75) is 49.5 Å². The lowest BCUT2D eigenvalue weighted by molar-refractivity contribution is -0.357. The largest absolute Gasteiger partial charge is 0.394 e. The van der Waals surface area contributed by atoms with Crippen LogP contribution in [0.2, 0.25) is 5.02 Å². The number of aliphatic hydroxyl groups is 5. The van der Waals surface area contributed by atoms with Crippen molar-refractivity contribution >= 4 is 11.6 Å². The predicted molar refractivity (Wildman–Crippen MR) is 92.6 cm³/mol. The maximum absolute atomic E-state index is 10.9. The van der Waals surface area contributed by atoms with Crippen LogP contribution in [-0.4, -0.2) is 69.8 Å². The van der Waals surface area contributed by atoms with Gasteiger partial charge in [-0.15, -0.1) is 0 Å². The van der Waals surface area contributed by atoms with Gasteiger partial charge in [0, 0.05) is 23.8 Å². The van der Waals surface area contributed by atoms with E-state index in [1.165, 1.54) is 6.07 Å². The summed E-state index contributed by atoms with van der Waals surface area (Å²) in [5, 5.41) is 51.0. The molecule has 3 rings (SSSR count). The number of ether oxygens (including phenoxy) is 2. The summed E-state index contributed by atoms with van der Waals surface area (Å²) in [6.07, 6.45) is -3.66. The minimum atomic E-state index is -2.26. The van der Waals surface area contributed by atoms with Gasteiger partial charge in [0.1, 0.15) is 24.4 Å². The summed E-state index contributed by atoms with van der Waals surface area (Å²) in [5.74, 6) is -1.86. The van der Waals surface area contributed by atoms with Crippen molar-refractivity contribution in [1.29, 1.82) is 0 Å². The van der Waals surface area contributed by atoms with Gasteiger partial charge < -0.3 is 35.0 Å². The van der Waals surface area contributed by atoms with Crippen LogP contribution in [0.4, 0.5) is 0 Å². The number of hydrogen-bond donors (Lipinski definition) is 5. The Hall–Kier alpha value is -0.770. The van der Waals surface area contributed by atoms with Gasteiger partial charge in [-0.25, -0.2) is 0 Å². The monoisotopic (exact) mass is 388 g/mol. The van der Waals surface area contributed by atoms with Crippen molar-refractivity contribution in [2.24, 2.45) is 5.92 Å². The zero-order chi connectivity index (χ0) is 18.9. The van der Waals surface area contributed by atoms with Crippen LogP contribution >= 0.6 is 11.6 Å². The molecule has 0 spiro atoms. The average molecular weight is 389 g/mol. The number of halogens is 1. The normalized spacial score (nSPS) is 36.2. The molecule has 1 aromatic carbocycles. The van der Waals surface area contributed by atoms with E-state index < -0.39 is 36.8 Å². The standard InChI is InChI=1S/C18H25ClO7/c19-13-2-1-12(8-11(13)7-10-3-5-25-6-4-10)18(24)17(23)16(22)15(21)14(9-20)26-18/h1-2,8,10,14-17,20-24H,3-7,9H2/t14-,15-,16+,17-,18+/m1/s1. The summed E-state index contributed by atoms with van der Waals surface area (Å²) < 4.78 is 10.7. The molecule has 2 fully saturated rings. The fourth-order valence-electron chi connectivity index (χ4n) is 3.61. The Morgan fingerprint density at radius 1 is 1.12 bits per heavy atom. The lowest BCUT2D eigenvalue weighted by Gasteiger charge is -2.45. The molecule has 8 heteroatoms. The van der Waals surface area contributed by atoms with Crippen LogP contribution in [0.15, 0.2) is 18.2 Å². The smallest absolute Gasteiger partial charge is 0.222 e. The van der Waals surface area contributed by atoms with Gasteiger partial charge in [0.25, 0.3) is 0 Å². The van der Waals surface area contributed by atoms with Crippen molar-refractivity contribution in [3.63, 3.8) is 0 Å². The van der Waals surface area contributed by atoms with Gasteiger partial charge in [0.2, 0.25) is 5.79 Å². The molecule has 0 radical (unpaired) electrons. The molecule has 5 N–H and O–H groups in total. The Morgan fingerprint density at radius 2 is 1.81 bits per heavy atom. The van der Waals surface area contributed by atoms with E-state index in [-0.39, 0.29) is 5.56 Å². The van der Waals surface area contributed by atoms with Gasteiger partial charge in [-0.3, -0.25) is 0 Å². The van der Waals surface area contributed by atoms with Crippen molar-refractivity contribution in [3.8, 4) is 0 Å². The first-order chi connectivity index (χ1) is 12.4. The molecule has 0 aliphatic carbocycles. The van der Waals surface area contributed by atoms with Gasteiger partial charge in [-0.1, -0.05) is 17.7 Å². The predicted octanol–water partition coefficient (Wildman–Crippen LogP) is -0.0720. The Bertz CT molecular complexity index is 620. The zero-order valence-electron chi connectivity index (χ0n) is 14.3.